The molecule has 1 aromatic carbocycles. The number of aliphatic imine (C=N–C) groups is 1. The molecule has 1 fully saturated rings. The fraction of sp³-hybridized carbons (Fsp3) is 0.625. The van der Waals surface area contributed by atoms with Gasteiger partial charge in [0.2, 0.25) is 5.91 Å². The SMILES string of the molecule is CCNC(=NCCCCN1CCC(C(N)=O)CC1)NCCc1cccc(C(=O)N(C)C)c1.I. The van der Waals surface area contributed by atoms with E-state index in [0.717, 1.165) is 82.9 Å². The summed E-state index contributed by atoms with van der Waals surface area (Å²) in [6.07, 6.45) is 4.71. The van der Waals surface area contributed by atoms with Crippen LogP contribution in [0, 0.1) is 5.92 Å². The molecule has 0 radical (unpaired) electrons. The highest BCUT2D eigenvalue weighted by atomic mass is 127. The van der Waals surface area contributed by atoms with Gasteiger partial charge in [-0.1, -0.05) is 12.1 Å². The van der Waals surface area contributed by atoms with Gasteiger partial charge in [0.1, 0.15) is 0 Å². The zero-order valence-corrected chi connectivity index (χ0v) is 22.6. The Morgan fingerprint density at radius 2 is 1.91 bits per heavy atom. The Hall–Kier alpha value is -1.88. The first kappa shape index (κ1) is 29.2. The Balaban J connectivity index is 0.00000544. The molecular formula is C24H41IN6O2. The molecular weight excluding hydrogens is 531 g/mol. The molecule has 186 valence electrons. The molecule has 0 atom stereocenters. The van der Waals surface area contributed by atoms with E-state index in [0.29, 0.717) is 5.56 Å². The van der Waals surface area contributed by atoms with E-state index >= 15 is 0 Å². The Morgan fingerprint density at radius 3 is 2.55 bits per heavy atom. The van der Waals surface area contributed by atoms with Crippen LogP contribution in [0.4, 0.5) is 0 Å². The first-order valence-electron chi connectivity index (χ1n) is 11.7. The van der Waals surface area contributed by atoms with Crippen LogP contribution < -0.4 is 16.4 Å². The molecule has 8 nitrogen and oxygen atoms in total. The molecule has 4 N–H and O–H groups in total. The lowest BCUT2D eigenvalue weighted by Gasteiger charge is -2.30. The fourth-order valence-corrected chi connectivity index (χ4v) is 3.86. The number of primary amides is 1. The molecule has 33 heavy (non-hydrogen) atoms. The van der Waals surface area contributed by atoms with Crippen LogP contribution in [-0.4, -0.2) is 80.9 Å². The molecule has 9 heteroatoms. The van der Waals surface area contributed by atoms with Gasteiger partial charge < -0.3 is 26.2 Å². The largest absolute Gasteiger partial charge is 0.369 e. The first-order chi connectivity index (χ1) is 15.4. The average molecular weight is 573 g/mol. The van der Waals surface area contributed by atoms with E-state index in [-0.39, 0.29) is 41.7 Å². The molecule has 0 bridgehead atoms. The summed E-state index contributed by atoms with van der Waals surface area (Å²) in [6.45, 7) is 7.37. The number of hydrogen-bond acceptors (Lipinski definition) is 4. The number of halogens is 1. The number of carbonyl (C=O) groups is 2. The van der Waals surface area contributed by atoms with Crippen LogP contribution in [0.3, 0.4) is 0 Å². The van der Waals surface area contributed by atoms with Crippen LogP contribution in [0.5, 0.6) is 0 Å². The molecule has 2 amide bonds. The fourth-order valence-electron chi connectivity index (χ4n) is 3.86. The van der Waals surface area contributed by atoms with Crippen molar-refractivity contribution in [2.45, 2.75) is 39.0 Å². The highest BCUT2D eigenvalue weighted by molar-refractivity contribution is 14.0. The van der Waals surface area contributed by atoms with Crippen molar-refractivity contribution in [3.63, 3.8) is 0 Å². The summed E-state index contributed by atoms with van der Waals surface area (Å²) < 4.78 is 0. The van der Waals surface area contributed by atoms with Gasteiger partial charge in [-0.15, -0.1) is 24.0 Å². The van der Waals surface area contributed by atoms with Gasteiger partial charge in [-0.3, -0.25) is 14.6 Å². The summed E-state index contributed by atoms with van der Waals surface area (Å²) in [5.74, 6) is 0.750. The number of nitrogens with zero attached hydrogens (tertiary/aromatic N) is 3. The van der Waals surface area contributed by atoms with Gasteiger partial charge in [-0.05, 0) is 76.4 Å². The summed E-state index contributed by atoms with van der Waals surface area (Å²) >= 11 is 0. The van der Waals surface area contributed by atoms with Crippen molar-refractivity contribution in [3.05, 3.63) is 35.4 Å². The lowest BCUT2D eigenvalue weighted by atomic mass is 9.96. The maximum absolute atomic E-state index is 12.1. The maximum atomic E-state index is 12.1. The summed E-state index contributed by atoms with van der Waals surface area (Å²) in [5.41, 5.74) is 7.24. The molecule has 0 aromatic heterocycles. The molecule has 1 saturated heterocycles. The smallest absolute Gasteiger partial charge is 0.253 e. The van der Waals surface area contributed by atoms with Crippen LogP contribution >= 0.6 is 24.0 Å². The van der Waals surface area contributed by atoms with Crippen LogP contribution in [0.25, 0.3) is 0 Å². The molecule has 1 aromatic rings. The standard InChI is InChI=1S/C24H40N6O2.HI/c1-4-26-24(27-13-5-6-15-30-16-11-20(12-17-30)22(25)31)28-14-10-19-8-7-9-21(18-19)23(32)29(2)3;/h7-9,18,20H,4-6,10-17H2,1-3H3,(H2,25,31)(H2,26,27,28);1H. The lowest BCUT2D eigenvalue weighted by molar-refractivity contribution is -0.123. The van der Waals surface area contributed by atoms with E-state index in [4.69, 9.17) is 5.73 Å². The van der Waals surface area contributed by atoms with Gasteiger partial charge in [0.15, 0.2) is 5.96 Å². The van der Waals surface area contributed by atoms with Crippen LogP contribution in [0.15, 0.2) is 29.3 Å². The molecule has 0 aliphatic carbocycles. The van der Waals surface area contributed by atoms with Gasteiger partial charge in [-0.25, -0.2) is 0 Å². The highest BCUT2D eigenvalue weighted by Crippen LogP contribution is 2.16. The third-order valence-corrected chi connectivity index (χ3v) is 5.77. The number of nitrogens with two attached hydrogens (primary N) is 1. The number of likely N-dealkylation sites (tertiary alicyclic amines) is 1. The number of guanidine groups is 1. The van der Waals surface area contributed by atoms with Crippen LogP contribution in [0.2, 0.25) is 0 Å². The van der Waals surface area contributed by atoms with Gasteiger partial charge >= 0.3 is 0 Å². The number of amides is 2. The topological polar surface area (TPSA) is 103 Å². The molecule has 1 heterocycles. The van der Waals surface area contributed by atoms with Crippen molar-refractivity contribution in [1.82, 2.24) is 20.4 Å². The minimum Gasteiger partial charge on any atom is -0.369 e. The number of hydrogen-bond donors (Lipinski definition) is 3. The molecule has 1 aliphatic rings. The van der Waals surface area contributed by atoms with E-state index < -0.39 is 0 Å². The summed E-state index contributed by atoms with van der Waals surface area (Å²) in [7, 11) is 3.53. The average Bonchev–Trinajstić information content (AvgIpc) is 2.78. The zero-order chi connectivity index (χ0) is 23.3. The van der Waals surface area contributed by atoms with E-state index in [1.54, 1.807) is 19.0 Å². The number of carbonyl (C=O) groups excluding carboxylic acids is 2. The number of piperidine rings is 1. The van der Waals surface area contributed by atoms with Gasteiger partial charge in [0.25, 0.3) is 5.91 Å². The molecule has 0 unspecified atom stereocenters. The number of unbranched alkanes of at least 4 members (excludes halogenated alkanes) is 1. The third kappa shape index (κ3) is 10.7. The highest BCUT2D eigenvalue weighted by Gasteiger charge is 2.22. The van der Waals surface area contributed by atoms with Crippen molar-refractivity contribution < 1.29 is 9.59 Å². The molecule has 0 saturated carbocycles. The van der Waals surface area contributed by atoms with Crippen molar-refractivity contribution in [1.29, 1.82) is 0 Å². The number of rotatable bonds is 11. The molecule has 1 aliphatic heterocycles. The first-order valence-corrected chi connectivity index (χ1v) is 11.7. The predicted octanol–water partition coefficient (Wildman–Crippen LogP) is 2.08. The van der Waals surface area contributed by atoms with E-state index in [1.165, 1.54) is 0 Å². The minimum absolute atomic E-state index is 0. The Labute approximate surface area is 215 Å². The van der Waals surface area contributed by atoms with Crippen molar-refractivity contribution in [2.75, 3.05) is 53.4 Å². The van der Waals surface area contributed by atoms with Crippen molar-refractivity contribution >= 4 is 41.8 Å². The van der Waals surface area contributed by atoms with Crippen LogP contribution in [-0.2, 0) is 11.2 Å². The summed E-state index contributed by atoms with van der Waals surface area (Å²) in [6, 6.07) is 7.79. The summed E-state index contributed by atoms with van der Waals surface area (Å²) in [4.78, 5) is 32.1. The quantitative estimate of drug-likeness (QED) is 0.163. The number of nitrogens with one attached hydrogen (secondary N) is 2. The second kappa shape index (κ2) is 15.9. The second-order valence-corrected chi connectivity index (χ2v) is 8.56. The summed E-state index contributed by atoms with van der Waals surface area (Å²) in [5, 5.41) is 6.68. The normalized spacial score (nSPS) is 14.9. The Bertz CT molecular complexity index is 763. The van der Waals surface area contributed by atoms with Crippen molar-refractivity contribution in [3.8, 4) is 0 Å². The number of benzene rings is 1. The molecule has 2 rings (SSSR count). The Kier molecular flexibility index (Phi) is 14.0. The van der Waals surface area contributed by atoms with E-state index in [1.807, 2.05) is 24.3 Å². The maximum Gasteiger partial charge on any atom is 0.253 e. The zero-order valence-electron chi connectivity index (χ0n) is 20.3. The van der Waals surface area contributed by atoms with Crippen molar-refractivity contribution in [2.24, 2.45) is 16.6 Å². The van der Waals surface area contributed by atoms with Gasteiger partial charge in [-0.2, -0.15) is 0 Å². The molecule has 0 spiro atoms. The second-order valence-electron chi connectivity index (χ2n) is 8.56. The van der Waals surface area contributed by atoms with Gasteiger partial charge in [0, 0.05) is 45.2 Å². The van der Waals surface area contributed by atoms with Gasteiger partial charge in [0.05, 0.1) is 0 Å². The van der Waals surface area contributed by atoms with E-state index in [9.17, 15) is 9.59 Å². The monoisotopic (exact) mass is 572 g/mol. The lowest BCUT2D eigenvalue weighted by Crippen LogP contribution is -2.39. The minimum atomic E-state index is -0.155. The van der Waals surface area contributed by atoms with Crippen LogP contribution in [0.1, 0.15) is 48.5 Å². The third-order valence-electron chi connectivity index (χ3n) is 5.77. The Morgan fingerprint density at radius 1 is 1.18 bits per heavy atom. The predicted molar refractivity (Wildman–Crippen MR) is 145 cm³/mol. The van der Waals surface area contributed by atoms with E-state index in [2.05, 4.69) is 27.4 Å².